The minimum atomic E-state index is -3.09. The molecule has 11 heteroatoms. The van der Waals surface area contributed by atoms with Crippen LogP contribution in [0, 0.1) is 11.8 Å². The van der Waals surface area contributed by atoms with Crippen LogP contribution in [0.3, 0.4) is 0 Å². The van der Waals surface area contributed by atoms with Gasteiger partial charge in [0.25, 0.3) is 5.91 Å². The van der Waals surface area contributed by atoms with Crippen molar-refractivity contribution >= 4 is 29.5 Å². The highest BCUT2D eigenvalue weighted by Crippen LogP contribution is 2.48. The monoisotopic (exact) mass is 471 g/mol. The molecule has 0 spiro atoms. The summed E-state index contributed by atoms with van der Waals surface area (Å²) in [6.45, 7) is 8.68. The molecule has 32 heavy (non-hydrogen) atoms. The Morgan fingerprint density at radius 1 is 1.28 bits per heavy atom. The lowest BCUT2D eigenvalue weighted by Gasteiger charge is -2.46. The molecular weight excluding hydrogens is 440 g/mol. The van der Waals surface area contributed by atoms with Crippen molar-refractivity contribution in [2.24, 2.45) is 11.8 Å². The van der Waals surface area contributed by atoms with Crippen molar-refractivity contribution in [1.29, 1.82) is 0 Å². The number of nitrogens with zero attached hydrogens (tertiary/aromatic N) is 2. The third-order valence-corrected chi connectivity index (χ3v) is 8.38. The van der Waals surface area contributed by atoms with Gasteiger partial charge in [-0.3, -0.25) is 14.4 Å². The summed E-state index contributed by atoms with van der Waals surface area (Å²) < 4.78 is 25.1. The zero-order valence-electron chi connectivity index (χ0n) is 18.5. The van der Waals surface area contributed by atoms with E-state index in [1.807, 2.05) is 18.0 Å². The number of β-lactam (4-membered cyclic amide) rings is 1. The molecule has 3 fully saturated rings. The Balaban J connectivity index is 1.31. The highest BCUT2D eigenvalue weighted by atomic mass is 32.2. The van der Waals surface area contributed by atoms with Crippen molar-refractivity contribution in [1.82, 2.24) is 25.8 Å². The summed E-state index contributed by atoms with van der Waals surface area (Å²) in [5.74, 6) is -1.80. The molecule has 0 aromatic heterocycles. The Morgan fingerprint density at radius 2 is 2.03 bits per heavy atom. The molecule has 0 aromatic rings. The zero-order valence-corrected chi connectivity index (χ0v) is 19.3. The Hall–Kier alpha value is -1.72. The van der Waals surface area contributed by atoms with Gasteiger partial charge in [0.05, 0.1) is 18.0 Å². The summed E-state index contributed by atoms with van der Waals surface area (Å²) >= 11 is 1.69. The van der Waals surface area contributed by atoms with Crippen molar-refractivity contribution in [3.8, 4) is 0 Å². The zero-order chi connectivity index (χ0) is 23.2. The van der Waals surface area contributed by atoms with Gasteiger partial charge in [0.15, 0.2) is 0 Å². The maximum absolute atomic E-state index is 12.9. The third-order valence-electron chi connectivity index (χ3n) is 6.93. The minimum Gasteiger partial charge on any atom is -0.348 e. The summed E-state index contributed by atoms with van der Waals surface area (Å²) in [6.07, 6.45) is -0.508. The normalized spacial score (nSPS) is 35.4. The number of fused-ring (bicyclic) bond motifs is 1. The first-order chi connectivity index (χ1) is 15.2. The molecule has 0 radical (unpaired) electrons. The van der Waals surface area contributed by atoms with E-state index in [0.29, 0.717) is 6.04 Å². The van der Waals surface area contributed by atoms with Crippen molar-refractivity contribution in [2.45, 2.75) is 63.0 Å². The van der Waals surface area contributed by atoms with Crippen LogP contribution in [0.5, 0.6) is 0 Å². The molecular formula is C21H31F2N5O3S. The first-order valence-electron chi connectivity index (χ1n) is 11.2. The first-order valence-corrected chi connectivity index (χ1v) is 12.1. The standard InChI is InChI=1S/C21H31F2N5O3S/c1-10-8-27(5-4-24-10)20(30)14-6-13(7-25-14)32-15-9-28-17(11(15)2)16(21(28)31)12(3)26-19(29)18(22)23/h9-14,16-18,24-25H,4-8H2,1-3H3,(H,26,29)/t10-,11-,12+,13-,14-,16+,17+/m0/s1. The molecule has 3 N–H and O–H groups in total. The second-order valence-corrected chi connectivity index (χ2v) is 10.6. The van der Waals surface area contributed by atoms with Gasteiger partial charge in [0.2, 0.25) is 11.8 Å². The van der Waals surface area contributed by atoms with Crippen molar-refractivity contribution in [3.63, 3.8) is 0 Å². The van der Waals surface area contributed by atoms with E-state index in [1.165, 1.54) is 0 Å². The number of hydrogen-bond acceptors (Lipinski definition) is 6. The number of hydrogen-bond donors (Lipinski definition) is 3. The molecule has 7 atom stereocenters. The molecule has 0 aromatic carbocycles. The van der Waals surface area contributed by atoms with Gasteiger partial charge in [0.1, 0.15) is 0 Å². The van der Waals surface area contributed by atoms with Crippen LogP contribution in [0.2, 0.25) is 0 Å². The van der Waals surface area contributed by atoms with E-state index in [1.54, 1.807) is 23.6 Å². The van der Waals surface area contributed by atoms with Gasteiger partial charge in [-0.15, -0.1) is 11.8 Å². The van der Waals surface area contributed by atoms with Crippen LogP contribution < -0.4 is 16.0 Å². The highest BCUT2D eigenvalue weighted by molar-refractivity contribution is 8.03. The van der Waals surface area contributed by atoms with Gasteiger partial charge >= 0.3 is 6.43 Å². The second-order valence-electron chi connectivity index (χ2n) is 9.26. The third kappa shape index (κ3) is 4.38. The molecule has 4 aliphatic rings. The largest absolute Gasteiger partial charge is 0.348 e. The Morgan fingerprint density at radius 3 is 2.72 bits per heavy atom. The van der Waals surface area contributed by atoms with Gasteiger partial charge in [-0.2, -0.15) is 8.78 Å². The average Bonchev–Trinajstić information content (AvgIpc) is 3.31. The van der Waals surface area contributed by atoms with E-state index in [0.717, 1.165) is 37.5 Å². The smallest absolute Gasteiger partial charge is 0.315 e. The number of nitrogens with one attached hydrogen (secondary N) is 3. The molecule has 3 amide bonds. The Bertz CT molecular complexity index is 812. The summed E-state index contributed by atoms with van der Waals surface area (Å²) in [5.41, 5.74) is 0. The average molecular weight is 472 g/mol. The quantitative estimate of drug-likeness (QED) is 0.485. The fourth-order valence-electron chi connectivity index (χ4n) is 5.23. The number of carbonyl (C=O) groups excluding carboxylic acids is 3. The lowest BCUT2D eigenvalue weighted by Crippen LogP contribution is -2.65. The van der Waals surface area contributed by atoms with E-state index in [2.05, 4.69) is 22.9 Å². The molecule has 4 aliphatic heterocycles. The first kappa shape index (κ1) is 23.4. The van der Waals surface area contributed by atoms with Crippen LogP contribution in [0.25, 0.3) is 0 Å². The van der Waals surface area contributed by atoms with E-state index in [9.17, 15) is 23.2 Å². The molecule has 8 nitrogen and oxygen atoms in total. The van der Waals surface area contributed by atoms with E-state index in [4.69, 9.17) is 0 Å². The second kappa shape index (κ2) is 9.26. The van der Waals surface area contributed by atoms with E-state index < -0.39 is 24.3 Å². The number of halogens is 2. The molecule has 0 unspecified atom stereocenters. The predicted octanol–water partition coefficient (Wildman–Crippen LogP) is 0.358. The SMILES string of the molecule is C[C@H]1CN(C(=O)[C@@H]2C[C@H](SC3=CN4C(=O)[C@H]([C@@H](C)NC(=O)C(F)F)[C@H]4[C@H]3C)CN2)CCN1. The fraction of sp³-hybridized carbons (Fsp3) is 0.762. The number of amides is 3. The minimum absolute atomic E-state index is 0.0531. The van der Waals surface area contributed by atoms with Gasteiger partial charge in [-0.1, -0.05) is 6.92 Å². The summed E-state index contributed by atoms with van der Waals surface area (Å²) in [6, 6.07) is -0.674. The summed E-state index contributed by atoms with van der Waals surface area (Å²) in [7, 11) is 0. The maximum atomic E-state index is 12.9. The van der Waals surface area contributed by atoms with E-state index >= 15 is 0 Å². The van der Waals surface area contributed by atoms with Crippen LogP contribution in [0.1, 0.15) is 27.2 Å². The van der Waals surface area contributed by atoms with Crippen LogP contribution in [0.4, 0.5) is 8.78 Å². The molecule has 178 valence electrons. The van der Waals surface area contributed by atoms with Crippen LogP contribution in [-0.4, -0.2) is 89.5 Å². The van der Waals surface area contributed by atoms with Crippen molar-refractivity contribution in [3.05, 3.63) is 11.1 Å². The van der Waals surface area contributed by atoms with Crippen molar-refractivity contribution in [2.75, 3.05) is 26.2 Å². The Labute approximate surface area is 190 Å². The lowest BCUT2D eigenvalue weighted by atomic mass is 9.78. The van der Waals surface area contributed by atoms with Gasteiger partial charge < -0.3 is 25.8 Å². The molecule has 0 saturated carbocycles. The lowest BCUT2D eigenvalue weighted by molar-refractivity contribution is -0.154. The van der Waals surface area contributed by atoms with Crippen LogP contribution in [-0.2, 0) is 14.4 Å². The van der Waals surface area contributed by atoms with Crippen LogP contribution >= 0.6 is 11.8 Å². The number of rotatable bonds is 6. The molecule has 4 rings (SSSR count). The number of thioether (sulfide) groups is 1. The fourth-order valence-corrected chi connectivity index (χ4v) is 6.61. The van der Waals surface area contributed by atoms with Crippen LogP contribution in [0.15, 0.2) is 11.1 Å². The molecule has 3 saturated heterocycles. The highest BCUT2D eigenvalue weighted by Gasteiger charge is 2.56. The number of carbonyl (C=O) groups is 3. The van der Waals surface area contributed by atoms with Gasteiger partial charge in [-0.25, -0.2) is 0 Å². The predicted molar refractivity (Wildman–Crippen MR) is 117 cm³/mol. The number of alkyl halides is 2. The van der Waals surface area contributed by atoms with E-state index in [-0.39, 0.29) is 35.1 Å². The van der Waals surface area contributed by atoms with Crippen molar-refractivity contribution < 1.29 is 23.2 Å². The molecule has 4 heterocycles. The van der Waals surface area contributed by atoms with Gasteiger partial charge in [-0.05, 0) is 20.3 Å². The molecule has 0 bridgehead atoms. The van der Waals surface area contributed by atoms with Gasteiger partial charge in [0, 0.05) is 60.5 Å². The molecule has 0 aliphatic carbocycles. The summed E-state index contributed by atoms with van der Waals surface area (Å²) in [5, 5.41) is 9.19. The number of piperazine rings is 1. The maximum Gasteiger partial charge on any atom is 0.315 e. The summed E-state index contributed by atoms with van der Waals surface area (Å²) in [4.78, 5) is 41.4. The topological polar surface area (TPSA) is 93.8 Å². The Kier molecular flexibility index (Phi) is 6.78.